The van der Waals surface area contributed by atoms with Crippen LogP contribution in [0.15, 0.2) is 18.2 Å². The molecule has 1 aromatic rings. The third kappa shape index (κ3) is 2.37. The molecule has 0 unspecified atom stereocenters. The molecule has 0 spiro atoms. The van der Waals surface area contributed by atoms with Crippen LogP contribution in [0.1, 0.15) is 15.9 Å². The number of methoxy groups -OCH3 is 1. The van der Waals surface area contributed by atoms with E-state index in [9.17, 15) is 4.79 Å². The first kappa shape index (κ1) is 12.7. The predicted octanol–water partition coefficient (Wildman–Crippen LogP) is 1.27. The molecule has 0 saturated carbocycles. The maximum Gasteiger partial charge on any atom is 0.336 e. The summed E-state index contributed by atoms with van der Waals surface area (Å²) in [5, 5.41) is 8.81. The van der Waals surface area contributed by atoms with Gasteiger partial charge in [0.25, 0.3) is 0 Å². The third-order valence-corrected chi connectivity index (χ3v) is 1.79. The normalized spacial score (nSPS) is 9.00. The van der Waals surface area contributed by atoms with Crippen molar-refractivity contribution in [3.8, 4) is 5.75 Å². The lowest BCUT2D eigenvalue weighted by molar-refractivity contribution is 0.0695. The molecule has 0 bridgehead atoms. The largest absolute Gasteiger partial charge is 0.496 e. The molecule has 5 heteroatoms. The molecule has 0 radical (unpaired) electrons. The average Bonchev–Trinajstić information content (AvgIpc) is 2.16. The molecule has 78 valence electrons. The fourth-order valence-corrected chi connectivity index (χ4v) is 1.17. The van der Waals surface area contributed by atoms with Crippen molar-refractivity contribution in [1.29, 1.82) is 0 Å². The van der Waals surface area contributed by atoms with E-state index in [4.69, 9.17) is 15.6 Å². The molecule has 1 aromatic carbocycles. The summed E-state index contributed by atoms with van der Waals surface area (Å²) in [7, 11) is 1.49. The number of carbonyl (C=O) groups is 1. The maximum absolute atomic E-state index is 10.7. The van der Waals surface area contributed by atoms with Crippen molar-refractivity contribution in [3.63, 3.8) is 0 Å². The van der Waals surface area contributed by atoms with Crippen LogP contribution < -0.4 is 10.5 Å². The zero-order valence-corrected chi connectivity index (χ0v) is 8.50. The standard InChI is InChI=1S/C9H11NO3.ClH/c1-13-8-4-2-3-6(9(11)12)7(8)5-10;/h2-4H,5,10H2,1H3,(H,11,12);1H. The number of carboxylic acid groups (broad SMARTS) is 1. The summed E-state index contributed by atoms with van der Waals surface area (Å²) in [5.74, 6) is -0.471. The Kier molecular flexibility index (Phi) is 4.97. The molecule has 0 aliphatic heterocycles. The topological polar surface area (TPSA) is 72.5 Å². The number of ether oxygens (including phenoxy) is 1. The molecule has 14 heavy (non-hydrogen) atoms. The Bertz CT molecular complexity index is 328. The Morgan fingerprint density at radius 3 is 2.64 bits per heavy atom. The molecule has 4 nitrogen and oxygen atoms in total. The van der Waals surface area contributed by atoms with Gasteiger partial charge >= 0.3 is 5.97 Å². The lowest BCUT2D eigenvalue weighted by atomic mass is 10.1. The molecule has 0 amide bonds. The van der Waals surface area contributed by atoms with Crippen LogP contribution in [-0.4, -0.2) is 18.2 Å². The summed E-state index contributed by atoms with van der Waals surface area (Å²) < 4.78 is 4.98. The Morgan fingerprint density at radius 2 is 2.21 bits per heavy atom. The first-order valence-electron chi connectivity index (χ1n) is 3.80. The van der Waals surface area contributed by atoms with E-state index in [1.165, 1.54) is 13.2 Å². The lowest BCUT2D eigenvalue weighted by Gasteiger charge is -2.08. The molecule has 0 fully saturated rings. The zero-order valence-electron chi connectivity index (χ0n) is 7.69. The van der Waals surface area contributed by atoms with Gasteiger partial charge in [0, 0.05) is 12.1 Å². The maximum atomic E-state index is 10.7. The van der Waals surface area contributed by atoms with Crippen molar-refractivity contribution >= 4 is 18.4 Å². The second-order valence-corrected chi connectivity index (χ2v) is 2.50. The van der Waals surface area contributed by atoms with E-state index in [1.807, 2.05) is 0 Å². The quantitative estimate of drug-likeness (QED) is 0.800. The highest BCUT2D eigenvalue weighted by Gasteiger charge is 2.12. The van der Waals surface area contributed by atoms with Gasteiger partial charge in [0.15, 0.2) is 0 Å². The summed E-state index contributed by atoms with van der Waals surface area (Å²) in [6.07, 6.45) is 0. The summed E-state index contributed by atoms with van der Waals surface area (Å²) in [5.41, 5.74) is 6.14. The van der Waals surface area contributed by atoms with Gasteiger partial charge in [0.2, 0.25) is 0 Å². The van der Waals surface area contributed by atoms with Crippen LogP contribution in [0.5, 0.6) is 5.75 Å². The highest BCUT2D eigenvalue weighted by molar-refractivity contribution is 5.90. The number of halogens is 1. The SMILES string of the molecule is COc1cccc(C(=O)O)c1CN.Cl. The Balaban J connectivity index is 0.00000169. The second kappa shape index (κ2) is 5.47. The predicted molar refractivity (Wildman–Crippen MR) is 55.1 cm³/mol. The highest BCUT2D eigenvalue weighted by Crippen LogP contribution is 2.21. The molecular weight excluding hydrogens is 206 g/mol. The van der Waals surface area contributed by atoms with Crippen molar-refractivity contribution < 1.29 is 14.6 Å². The summed E-state index contributed by atoms with van der Waals surface area (Å²) in [4.78, 5) is 10.7. The van der Waals surface area contributed by atoms with Crippen LogP contribution in [0.4, 0.5) is 0 Å². The zero-order chi connectivity index (χ0) is 9.84. The Labute approximate surface area is 88.1 Å². The van der Waals surface area contributed by atoms with Crippen LogP contribution in [0.25, 0.3) is 0 Å². The van der Waals surface area contributed by atoms with Gasteiger partial charge in [0.05, 0.1) is 12.7 Å². The molecule has 0 saturated heterocycles. The number of nitrogens with two attached hydrogens (primary N) is 1. The molecule has 0 atom stereocenters. The molecule has 3 N–H and O–H groups in total. The van der Waals surface area contributed by atoms with Gasteiger partial charge < -0.3 is 15.6 Å². The molecular formula is C9H12ClNO3. The van der Waals surface area contributed by atoms with Crippen LogP contribution in [0.3, 0.4) is 0 Å². The van der Waals surface area contributed by atoms with Gasteiger partial charge in [0.1, 0.15) is 5.75 Å². The van der Waals surface area contributed by atoms with Gasteiger partial charge in [-0.05, 0) is 12.1 Å². The van der Waals surface area contributed by atoms with E-state index in [1.54, 1.807) is 12.1 Å². The minimum absolute atomic E-state index is 0. The van der Waals surface area contributed by atoms with Crippen LogP contribution in [0, 0.1) is 0 Å². The summed E-state index contributed by atoms with van der Waals surface area (Å²) in [6.45, 7) is 0.158. The van der Waals surface area contributed by atoms with Crippen LogP contribution in [-0.2, 0) is 6.54 Å². The third-order valence-electron chi connectivity index (χ3n) is 1.79. The van der Waals surface area contributed by atoms with E-state index in [2.05, 4.69) is 0 Å². The van der Waals surface area contributed by atoms with Gasteiger partial charge in [-0.3, -0.25) is 0 Å². The number of hydrogen-bond donors (Lipinski definition) is 2. The average molecular weight is 218 g/mol. The van der Waals surface area contributed by atoms with Gasteiger partial charge in [-0.25, -0.2) is 4.79 Å². The number of benzene rings is 1. The van der Waals surface area contributed by atoms with E-state index >= 15 is 0 Å². The number of hydrogen-bond acceptors (Lipinski definition) is 3. The molecule has 0 aliphatic carbocycles. The first-order valence-corrected chi connectivity index (χ1v) is 3.80. The minimum atomic E-state index is -0.987. The monoisotopic (exact) mass is 217 g/mol. The van der Waals surface area contributed by atoms with E-state index in [0.29, 0.717) is 11.3 Å². The summed E-state index contributed by atoms with van der Waals surface area (Å²) in [6, 6.07) is 4.82. The smallest absolute Gasteiger partial charge is 0.336 e. The van der Waals surface area contributed by atoms with E-state index < -0.39 is 5.97 Å². The van der Waals surface area contributed by atoms with Gasteiger partial charge in [-0.1, -0.05) is 6.07 Å². The fourth-order valence-electron chi connectivity index (χ4n) is 1.17. The molecule has 0 aliphatic rings. The van der Waals surface area contributed by atoms with Crippen molar-refractivity contribution in [1.82, 2.24) is 0 Å². The Hall–Kier alpha value is -1.26. The van der Waals surface area contributed by atoms with E-state index in [-0.39, 0.29) is 24.5 Å². The van der Waals surface area contributed by atoms with Gasteiger partial charge in [-0.15, -0.1) is 12.4 Å². The highest BCUT2D eigenvalue weighted by atomic mass is 35.5. The second-order valence-electron chi connectivity index (χ2n) is 2.50. The molecule has 1 rings (SSSR count). The van der Waals surface area contributed by atoms with Crippen LogP contribution >= 0.6 is 12.4 Å². The van der Waals surface area contributed by atoms with Gasteiger partial charge in [-0.2, -0.15) is 0 Å². The van der Waals surface area contributed by atoms with E-state index in [0.717, 1.165) is 0 Å². The fraction of sp³-hybridized carbons (Fsp3) is 0.222. The van der Waals surface area contributed by atoms with Crippen molar-refractivity contribution in [2.75, 3.05) is 7.11 Å². The van der Waals surface area contributed by atoms with Crippen LogP contribution in [0.2, 0.25) is 0 Å². The number of rotatable bonds is 3. The summed E-state index contributed by atoms with van der Waals surface area (Å²) >= 11 is 0. The molecule has 0 aromatic heterocycles. The lowest BCUT2D eigenvalue weighted by Crippen LogP contribution is -2.08. The minimum Gasteiger partial charge on any atom is -0.496 e. The first-order chi connectivity index (χ1) is 6.20. The van der Waals surface area contributed by atoms with Crippen molar-refractivity contribution in [2.45, 2.75) is 6.54 Å². The van der Waals surface area contributed by atoms with Crippen molar-refractivity contribution in [2.24, 2.45) is 5.73 Å². The van der Waals surface area contributed by atoms with Crippen molar-refractivity contribution in [3.05, 3.63) is 29.3 Å². The number of aromatic carboxylic acids is 1. The molecule has 0 heterocycles. The number of carboxylic acids is 1. The Morgan fingerprint density at radius 1 is 1.57 bits per heavy atom.